The smallest absolute Gasteiger partial charge is 0.0962 e. The quantitative estimate of drug-likeness (QED) is 0.572. The number of rotatable bonds is 3. The average molecular weight is 269 g/mol. The predicted octanol–water partition coefficient (Wildman–Crippen LogP) is 0.812. The molecule has 0 amide bonds. The molecule has 2 fully saturated rings. The maximum absolute atomic E-state index is 10.3. The maximum Gasteiger partial charge on any atom is 0.0962 e. The molecule has 4 heteroatoms. The van der Waals surface area contributed by atoms with Crippen molar-refractivity contribution in [3.05, 3.63) is 12.7 Å². The van der Waals surface area contributed by atoms with Crippen molar-refractivity contribution in [2.24, 2.45) is 11.8 Å². The van der Waals surface area contributed by atoms with Crippen molar-refractivity contribution in [1.29, 1.82) is 0 Å². The lowest BCUT2D eigenvalue weighted by Gasteiger charge is -2.46. The first-order valence-corrected chi connectivity index (χ1v) is 7.49. The van der Waals surface area contributed by atoms with Gasteiger partial charge in [-0.1, -0.05) is 32.3 Å². The van der Waals surface area contributed by atoms with Gasteiger partial charge in [-0.05, 0) is 12.8 Å². The van der Waals surface area contributed by atoms with E-state index < -0.39 is 24.2 Å². The second kappa shape index (κ2) is 6.35. The van der Waals surface area contributed by atoms with E-state index in [0.717, 1.165) is 12.8 Å². The summed E-state index contributed by atoms with van der Waals surface area (Å²) in [7, 11) is 0. The van der Waals surface area contributed by atoms with E-state index in [2.05, 4.69) is 11.9 Å². The van der Waals surface area contributed by atoms with Crippen LogP contribution in [0.4, 0.5) is 0 Å². The van der Waals surface area contributed by atoms with Crippen molar-refractivity contribution in [1.82, 2.24) is 5.32 Å². The fraction of sp³-hybridized carbons (Fsp3) is 0.867. The molecular formula is C15H27NO3. The molecule has 2 saturated carbocycles. The van der Waals surface area contributed by atoms with Crippen molar-refractivity contribution in [2.45, 2.75) is 69.4 Å². The Morgan fingerprint density at radius 2 is 1.63 bits per heavy atom. The molecule has 4 N–H and O–H groups in total. The molecule has 0 bridgehead atoms. The molecule has 4 nitrogen and oxygen atoms in total. The van der Waals surface area contributed by atoms with Crippen molar-refractivity contribution < 1.29 is 15.3 Å². The van der Waals surface area contributed by atoms with Gasteiger partial charge in [0.15, 0.2) is 0 Å². The summed E-state index contributed by atoms with van der Waals surface area (Å²) in [6.07, 6.45) is 5.06. The van der Waals surface area contributed by atoms with Gasteiger partial charge in [0.25, 0.3) is 0 Å². The van der Waals surface area contributed by atoms with E-state index in [-0.39, 0.29) is 12.0 Å². The first kappa shape index (κ1) is 15.0. The Morgan fingerprint density at radius 3 is 2.21 bits per heavy atom. The summed E-state index contributed by atoms with van der Waals surface area (Å²) in [4.78, 5) is 0. The molecule has 0 spiro atoms. The molecule has 2 rings (SSSR count). The van der Waals surface area contributed by atoms with E-state index >= 15 is 0 Å². The Labute approximate surface area is 115 Å². The van der Waals surface area contributed by atoms with E-state index in [0.29, 0.717) is 6.04 Å². The molecule has 2 aliphatic rings. The minimum absolute atomic E-state index is 0.0941. The maximum atomic E-state index is 10.3. The molecule has 0 aromatic rings. The molecule has 0 unspecified atom stereocenters. The Kier molecular flexibility index (Phi) is 5.01. The standard InChI is InChI=1S/C15H27NO3/c1-3-11-13(17)9(2)12(15(19)14(11)18)16-10-7-5-4-6-8-10/h3,9-19H,1,4-8H2,2H3/t9-,11-,12-,13+,14+,15-/m1/s1. The number of nitrogens with one attached hydrogen (secondary N) is 1. The van der Waals surface area contributed by atoms with Gasteiger partial charge in [-0.3, -0.25) is 0 Å². The summed E-state index contributed by atoms with van der Waals surface area (Å²) < 4.78 is 0. The molecule has 0 aromatic carbocycles. The first-order valence-electron chi connectivity index (χ1n) is 7.49. The zero-order chi connectivity index (χ0) is 14.0. The van der Waals surface area contributed by atoms with Crippen molar-refractivity contribution in [3.8, 4) is 0 Å². The summed E-state index contributed by atoms with van der Waals surface area (Å²) in [5, 5.41) is 34.1. The van der Waals surface area contributed by atoms with E-state index in [1.54, 1.807) is 6.08 Å². The summed E-state index contributed by atoms with van der Waals surface area (Å²) in [5.74, 6) is -0.544. The Bertz CT molecular complexity index is 288. The third kappa shape index (κ3) is 3.02. The van der Waals surface area contributed by atoms with E-state index in [9.17, 15) is 15.3 Å². The molecule has 19 heavy (non-hydrogen) atoms. The van der Waals surface area contributed by atoms with Gasteiger partial charge < -0.3 is 20.6 Å². The lowest BCUT2D eigenvalue weighted by atomic mass is 9.72. The molecule has 6 atom stereocenters. The van der Waals surface area contributed by atoms with Crippen LogP contribution in [-0.2, 0) is 0 Å². The highest BCUT2D eigenvalue weighted by Crippen LogP contribution is 2.32. The Balaban J connectivity index is 2.04. The van der Waals surface area contributed by atoms with Crippen LogP contribution >= 0.6 is 0 Å². The minimum Gasteiger partial charge on any atom is -0.392 e. The summed E-state index contributed by atoms with van der Waals surface area (Å²) in [6, 6.07) is 0.153. The molecule has 0 heterocycles. The van der Waals surface area contributed by atoms with Crippen LogP contribution in [0.1, 0.15) is 39.0 Å². The highest BCUT2D eigenvalue weighted by Gasteiger charge is 2.46. The third-order valence-corrected chi connectivity index (χ3v) is 4.92. The van der Waals surface area contributed by atoms with E-state index in [1.807, 2.05) is 6.92 Å². The normalized spacial score (nSPS) is 45.1. The topological polar surface area (TPSA) is 72.7 Å². The zero-order valence-corrected chi connectivity index (χ0v) is 11.7. The fourth-order valence-electron chi connectivity index (χ4n) is 3.59. The fourth-order valence-corrected chi connectivity index (χ4v) is 3.59. The molecule has 0 aliphatic heterocycles. The highest BCUT2D eigenvalue weighted by molar-refractivity contribution is 5.05. The van der Waals surface area contributed by atoms with Gasteiger partial charge in [-0.15, -0.1) is 6.58 Å². The number of hydrogen-bond donors (Lipinski definition) is 4. The monoisotopic (exact) mass is 269 g/mol. The van der Waals surface area contributed by atoms with Gasteiger partial charge in [-0.2, -0.15) is 0 Å². The highest BCUT2D eigenvalue weighted by atomic mass is 16.3. The molecule has 2 aliphatic carbocycles. The molecule has 0 radical (unpaired) electrons. The van der Waals surface area contributed by atoms with Gasteiger partial charge in [0.2, 0.25) is 0 Å². The van der Waals surface area contributed by atoms with Crippen LogP contribution in [0.25, 0.3) is 0 Å². The average Bonchev–Trinajstić information content (AvgIpc) is 2.43. The molecule has 0 saturated heterocycles. The number of hydrogen-bond acceptors (Lipinski definition) is 4. The van der Waals surface area contributed by atoms with Crippen LogP contribution in [0, 0.1) is 11.8 Å². The minimum atomic E-state index is -0.940. The van der Waals surface area contributed by atoms with Crippen molar-refractivity contribution in [3.63, 3.8) is 0 Å². The summed E-state index contributed by atoms with van der Waals surface area (Å²) in [6.45, 7) is 5.57. The first-order chi connectivity index (χ1) is 9.06. The Hall–Kier alpha value is -0.420. The van der Waals surface area contributed by atoms with Crippen LogP contribution in [0.15, 0.2) is 12.7 Å². The van der Waals surface area contributed by atoms with E-state index in [4.69, 9.17) is 0 Å². The predicted molar refractivity (Wildman–Crippen MR) is 74.7 cm³/mol. The second-order valence-corrected chi connectivity index (χ2v) is 6.17. The van der Waals surface area contributed by atoms with Gasteiger partial charge in [-0.25, -0.2) is 0 Å². The van der Waals surface area contributed by atoms with Gasteiger partial charge >= 0.3 is 0 Å². The van der Waals surface area contributed by atoms with Crippen molar-refractivity contribution in [2.75, 3.05) is 0 Å². The number of aliphatic hydroxyl groups excluding tert-OH is 3. The van der Waals surface area contributed by atoms with Gasteiger partial charge in [0, 0.05) is 23.9 Å². The van der Waals surface area contributed by atoms with Crippen molar-refractivity contribution >= 4 is 0 Å². The van der Waals surface area contributed by atoms with Crippen LogP contribution < -0.4 is 5.32 Å². The summed E-state index contributed by atoms with van der Waals surface area (Å²) in [5.41, 5.74) is 0. The Morgan fingerprint density at radius 1 is 1.00 bits per heavy atom. The third-order valence-electron chi connectivity index (χ3n) is 4.92. The SMILES string of the molecule is C=C[C@H]1[C@H](O)[C@H](O)[C@H](NC2CCCCC2)[C@@H](C)[C@@H]1O. The van der Waals surface area contributed by atoms with Crippen LogP contribution in [0.3, 0.4) is 0 Å². The van der Waals surface area contributed by atoms with Crippen LogP contribution in [0.2, 0.25) is 0 Å². The second-order valence-electron chi connectivity index (χ2n) is 6.17. The number of aliphatic hydroxyl groups is 3. The molecule has 0 aromatic heterocycles. The summed E-state index contributed by atoms with van der Waals surface area (Å²) >= 11 is 0. The van der Waals surface area contributed by atoms with Gasteiger partial charge in [0.1, 0.15) is 0 Å². The molecule has 110 valence electrons. The van der Waals surface area contributed by atoms with Crippen LogP contribution in [-0.4, -0.2) is 45.7 Å². The zero-order valence-electron chi connectivity index (χ0n) is 11.7. The largest absolute Gasteiger partial charge is 0.392 e. The van der Waals surface area contributed by atoms with Gasteiger partial charge in [0.05, 0.1) is 18.3 Å². The lowest BCUT2D eigenvalue weighted by molar-refractivity contribution is -0.122. The lowest BCUT2D eigenvalue weighted by Crippen LogP contribution is -2.63. The van der Waals surface area contributed by atoms with Crippen LogP contribution in [0.5, 0.6) is 0 Å². The molecular weight excluding hydrogens is 242 g/mol. The van der Waals surface area contributed by atoms with E-state index in [1.165, 1.54) is 19.3 Å².